The predicted molar refractivity (Wildman–Crippen MR) is 92.3 cm³/mol. The smallest absolute Gasteiger partial charge is 0.146 e. The molecule has 0 aliphatic carbocycles. The van der Waals surface area contributed by atoms with Crippen LogP contribution in [0.25, 0.3) is 6.08 Å². The summed E-state index contributed by atoms with van der Waals surface area (Å²) in [6.45, 7) is 0. The van der Waals surface area contributed by atoms with Gasteiger partial charge in [-0.2, -0.15) is 0 Å². The van der Waals surface area contributed by atoms with Gasteiger partial charge in [0.15, 0.2) is 0 Å². The molecule has 0 amide bonds. The molecule has 0 fully saturated rings. The Bertz CT molecular complexity index is 821. The van der Waals surface area contributed by atoms with E-state index in [1.165, 1.54) is 0 Å². The van der Waals surface area contributed by atoms with Crippen LogP contribution in [0.15, 0.2) is 89.9 Å². The Morgan fingerprint density at radius 1 is 0.783 bits per heavy atom. The molecule has 0 atom stereocenters. The Morgan fingerprint density at radius 3 is 2.13 bits per heavy atom. The first kappa shape index (κ1) is 14.7. The summed E-state index contributed by atoms with van der Waals surface area (Å²) in [7, 11) is 0. The molecule has 110 valence electrons. The van der Waals surface area contributed by atoms with Crippen LogP contribution >= 0.6 is 0 Å². The predicted octanol–water partition coefficient (Wildman–Crippen LogP) is 3.99. The molecule has 0 aromatic heterocycles. The van der Waals surface area contributed by atoms with Gasteiger partial charge in [0, 0.05) is 18.2 Å². The lowest BCUT2D eigenvalue weighted by atomic mass is 10.1. The minimum absolute atomic E-state index is 0.244. The molecule has 0 saturated heterocycles. The Labute approximate surface area is 136 Å². The van der Waals surface area contributed by atoms with Crippen molar-refractivity contribution >= 4 is 17.7 Å². The van der Waals surface area contributed by atoms with Gasteiger partial charge in [-0.15, -0.1) is 0 Å². The lowest BCUT2D eigenvalue weighted by molar-refractivity contribution is -0.212. The van der Waals surface area contributed by atoms with Gasteiger partial charge in [-0.3, -0.25) is 4.99 Å². The minimum Gasteiger partial charge on any atom is -0.858 e. The third kappa shape index (κ3) is 3.91. The number of benzene rings is 3. The van der Waals surface area contributed by atoms with Crippen molar-refractivity contribution in [3.05, 3.63) is 108 Å². The summed E-state index contributed by atoms with van der Waals surface area (Å²) < 4.78 is 0. The maximum Gasteiger partial charge on any atom is 0.146 e. The maximum absolute atomic E-state index is 12.2. The molecular weight excluding hydrogens is 282 g/mol. The fraction of sp³-hybridized carbons (Fsp3) is 0. The van der Waals surface area contributed by atoms with Gasteiger partial charge in [-0.05, 0) is 41.8 Å². The summed E-state index contributed by atoms with van der Waals surface area (Å²) in [5.74, 6) is -0.244. The third-order valence-electron chi connectivity index (χ3n) is 3.35. The van der Waals surface area contributed by atoms with E-state index in [-0.39, 0.29) is 5.90 Å². The molecule has 0 unspecified atom stereocenters. The average Bonchev–Trinajstić information content (AvgIpc) is 2.62. The number of hydrogen-bond acceptors (Lipinski definition) is 2. The molecule has 3 aromatic rings. The summed E-state index contributed by atoms with van der Waals surface area (Å²) in [5, 5.41) is 12.2. The minimum atomic E-state index is -0.244. The quantitative estimate of drug-likeness (QED) is 0.310. The fourth-order valence-electron chi connectivity index (χ4n) is 2.16. The fourth-order valence-corrected chi connectivity index (χ4v) is 2.16. The average molecular weight is 297 g/mol. The van der Waals surface area contributed by atoms with E-state index < -0.39 is 0 Å². The van der Waals surface area contributed by atoms with E-state index in [2.05, 4.69) is 11.1 Å². The highest BCUT2D eigenvalue weighted by Gasteiger charge is 2.02. The highest BCUT2D eigenvalue weighted by molar-refractivity contribution is 5.93. The highest BCUT2D eigenvalue weighted by atomic mass is 16.3. The third-order valence-corrected chi connectivity index (χ3v) is 3.35. The van der Waals surface area contributed by atoms with E-state index in [9.17, 15) is 5.11 Å². The number of hydrogen-bond donors (Lipinski definition) is 0. The van der Waals surface area contributed by atoms with E-state index in [1.807, 2.05) is 78.9 Å². The SMILES string of the molecule is [O-]C(=Nc1ccccc1C=[C+]c1ccccc1)c1ccccc1. The first-order valence-corrected chi connectivity index (χ1v) is 7.38. The number of nitrogens with zero attached hydrogens (tertiary/aromatic N) is 1. The van der Waals surface area contributed by atoms with Crippen LogP contribution in [-0.4, -0.2) is 5.90 Å². The van der Waals surface area contributed by atoms with Crippen LogP contribution in [0.5, 0.6) is 0 Å². The largest absolute Gasteiger partial charge is 0.858 e. The summed E-state index contributed by atoms with van der Waals surface area (Å²) in [6.07, 6.45) is 5.07. The second-order valence-corrected chi connectivity index (χ2v) is 5.00. The second-order valence-electron chi connectivity index (χ2n) is 5.00. The molecule has 3 rings (SSSR count). The zero-order valence-corrected chi connectivity index (χ0v) is 12.5. The first-order chi connectivity index (χ1) is 11.3. The van der Waals surface area contributed by atoms with Gasteiger partial charge in [0.2, 0.25) is 0 Å². The van der Waals surface area contributed by atoms with Gasteiger partial charge in [-0.1, -0.05) is 42.5 Å². The van der Waals surface area contributed by atoms with Crippen molar-refractivity contribution in [3.8, 4) is 0 Å². The molecule has 0 spiro atoms. The van der Waals surface area contributed by atoms with E-state index >= 15 is 0 Å². The van der Waals surface area contributed by atoms with Crippen LogP contribution in [-0.2, 0) is 0 Å². The lowest BCUT2D eigenvalue weighted by Crippen LogP contribution is -2.18. The van der Waals surface area contributed by atoms with Crippen molar-refractivity contribution in [2.45, 2.75) is 0 Å². The Balaban J connectivity index is 1.91. The van der Waals surface area contributed by atoms with E-state index in [4.69, 9.17) is 0 Å². The number of aliphatic imine (C=N–C) groups is 1. The normalized spacial score (nSPS) is 11.4. The van der Waals surface area contributed by atoms with Crippen LogP contribution in [0.2, 0.25) is 0 Å². The topological polar surface area (TPSA) is 35.4 Å². The number of rotatable bonds is 4. The van der Waals surface area contributed by atoms with Gasteiger partial charge in [0.1, 0.15) is 11.3 Å². The van der Waals surface area contributed by atoms with E-state index in [0.29, 0.717) is 11.3 Å². The summed E-state index contributed by atoms with van der Waals surface area (Å²) >= 11 is 0. The van der Waals surface area contributed by atoms with Gasteiger partial charge in [-0.25, -0.2) is 0 Å². The van der Waals surface area contributed by atoms with Gasteiger partial charge < -0.3 is 5.11 Å². The second kappa shape index (κ2) is 7.17. The van der Waals surface area contributed by atoms with Crippen molar-refractivity contribution in [3.63, 3.8) is 0 Å². The number of para-hydroxylation sites is 1. The molecule has 0 heterocycles. The maximum atomic E-state index is 12.2. The van der Waals surface area contributed by atoms with Crippen molar-refractivity contribution in [1.82, 2.24) is 0 Å². The molecule has 0 aliphatic rings. The van der Waals surface area contributed by atoms with Crippen molar-refractivity contribution in [2.75, 3.05) is 0 Å². The molecule has 0 radical (unpaired) electrons. The molecule has 0 saturated carbocycles. The van der Waals surface area contributed by atoms with Crippen LogP contribution in [0, 0.1) is 6.08 Å². The molecular formula is C21H15NO. The molecule has 2 nitrogen and oxygen atoms in total. The van der Waals surface area contributed by atoms with Crippen LogP contribution in [0.1, 0.15) is 16.7 Å². The Kier molecular flexibility index (Phi) is 4.58. The standard InChI is InChI=1S/C21H15NO/c23-21(19-12-5-2-6-13-19)22-20-14-8-7-11-18(20)16-15-17-9-3-1-4-10-17/h1-14,16H. The van der Waals surface area contributed by atoms with E-state index in [1.54, 1.807) is 12.1 Å². The zero-order chi connectivity index (χ0) is 15.9. The Hall–Kier alpha value is -3.22. The molecule has 23 heavy (non-hydrogen) atoms. The molecule has 0 aliphatic heterocycles. The summed E-state index contributed by atoms with van der Waals surface area (Å²) in [4.78, 5) is 4.23. The lowest BCUT2D eigenvalue weighted by Gasteiger charge is -2.10. The molecule has 0 N–H and O–H groups in total. The van der Waals surface area contributed by atoms with Gasteiger partial charge in [0.05, 0.1) is 11.6 Å². The molecule has 2 heteroatoms. The van der Waals surface area contributed by atoms with E-state index in [0.717, 1.165) is 11.1 Å². The van der Waals surface area contributed by atoms with Crippen molar-refractivity contribution in [2.24, 2.45) is 4.99 Å². The summed E-state index contributed by atoms with van der Waals surface area (Å²) in [5.41, 5.74) is 3.07. The Morgan fingerprint density at radius 2 is 1.39 bits per heavy atom. The van der Waals surface area contributed by atoms with Gasteiger partial charge >= 0.3 is 0 Å². The van der Waals surface area contributed by atoms with Crippen LogP contribution in [0.4, 0.5) is 5.69 Å². The highest BCUT2D eigenvalue weighted by Crippen LogP contribution is 2.21. The monoisotopic (exact) mass is 297 g/mol. The van der Waals surface area contributed by atoms with Crippen LogP contribution < -0.4 is 5.11 Å². The van der Waals surface area contributed by atoms with Gasteiger partial charge in [0.25, 0.3) is 0 Å². The van der Waals surface area contributed by atoms with Crippen LogP contribution in [0.3, 0.4) is 0 Å². The molecule has 0 bridgehead atoms. The molecule has 3 aromatic carbocycles. The first-order valence-electron chi connectivity index (χ1n) is 7.38. The zero-order valence-electron chi connectivity index (χ0n) is 12.5. The van der Waals surface area contributed by atoms with Crippen molar-refractivity contribution in [1.29, 1.82) is 0 Å². The summed E-state index contributed by atoms with van der Waals surface area (Å²) in [6, 6.07) is 26.5. The van der Waals surface area contributed by atoms with Crippen molar-refractivity contribution < 1.29 is 5.11 Å².